The third-order valence-corrected chi connectivity index (χ3v) is 2.91. The number of nitrogens with zero attached hydrogens (tertiary/aromatic N) is 2. The van der Waals surface area contributed by atoms with E-state index in [-0.39, 0.29) is 11.3 Å². The number of hydrogen-bond donors (Lipinski definition) is 2. The zero-order valence-electron chi connectivity index (χ0n) is 10.2. The minimum atomic E-state index is -0.433. The first kappa shape index (κ1) is 11.4. The van der Waals surface area contributed by atoms with E-state index in [1.807, 2.05) is 13.8 Å². The van der Waals surface area contributed by atoms with Crippen molar-refractivity contribution >= 4 is 11.5 Å². The van der Waals surface area contributed by atoms with Gasteiger partial charge in [0.15, 0.2) is 0 Å². The summed E-state index contributed by atoms with van der Waals surface area (Å²) in [5, 5.41) is 10.9. The molecule has 0 atom stereocenters. The lowest BCUT2D eigenvalue weighted by Gasteiger charge is -2.07. The fourth-order valence-electron chi connectivity index (χ4n) is 1.90. The average molecular weight is 234 g/mol. The molecule has 2 rings (SSSR count). The summed E-state index contributed by atoms with van der Waals surface area (Å²) in [5.41, 5.74) is 1.07. The summed E-state index contributed by atoms with van der Waals surface area (Å²) in [4.78, 5) is 23.7. The maximum absolute atomic E-state index is 12.0. The minimum absolute atomic E-state index is 0.149. The number of allylic oxidation sites excluding steroid dienone is 2. The zero-order chi connectivity index (χ0) is 12.9. The maximum Gasteiger partial charge on any atom is 0.332 e. The highest BCUT2D eigenvalue weighted by Gasteiger charge is 2.29. The molecule has 0 saturated heterocycles. The fourth-order valence-corrected chi connectivity index (χ4v) is 1.90. The van der Waals surface area contributed by atoms with Crippen LogP contribution >= 0.6 is 0 Å². The van der Waals surface area contributed by atoms with Crippen LogP contribution in [0, 0.1) is 5.41 Å². The smallest absolute Gasteiger partial charge is 0.332 e. The topological polar surface area (TPSA) is 79.9 Å². The molecule has 90 valence electrons. The van der Waals surface area contributed by atoms with Gasteiger partial charge in [-0.2, -0.15) is 0 Å². The molecule has 0 aliphatic carbocycles. The lowest BCUT2D eigenvalue weighted by atomic mass is 10.1. The van der Waals surface area contributed by atoms with Crippen LogP contribution in [0.4, 0.5) is 5.82 Å². The molecule has 6 heteroatoms. The van der Waals surface area contributed by atoms with E-state index >= 15 is 0 Å². The Balaban J connectivity index is 2.91. The number of fused-ring (bicyclic) bond motifs is 1. The van der Waals surface area contributed by atoms with Crippen LogP contribution < -0.4 is 16.6 Å². The normalized spacial score (nSPS) is 13.6. The fraction of sp³-hybridized carbons (Fsp3) is 0.364. The van der Waals surface area contributed by atoms with Gasteiger partial charge in [0.05, 0.1) is 11.4 Å². The van der Waals surface area contributed by atoms with E-state index in [9.17, 15) is 9.59 Å². The van der Waals surface area contributed by atoms with Gasteiger partial charge >= 0.3 is 5.69 Å². The lowest BCUT2D eigenvalue weighted by molar-refractivity contribution is 0.692. The zero-order valence-corrected chi connectivity index (χ0v) is 10.2. The molecule has 1 aliphatic rings. The molecule has 6 nitrogen and oxygen atoms in total. The third-order valence-electron chi connectivity index (χ3n) is 2.91. The molecule has 1 aromatic heterocycles. The first-order valence-electron chi connectivity index (χ1n) is 5.20. The molecule has 0 aromatic carbocycles. The second-order valence-corrected chi connectivity index (χ2v) is 4.30. The third kappa shape index (κ3) is 1.37. The first-order chi connectivity index (χ1) is 7.86. The molecule has 0 fully saturated rings. The van der Waals surface area contributed by atoms with Gasteiger partial charge < -0.3 is 5.32 Å². The molecule has 0 unspecified atom stereocenters. The number of aromatic nitrogens is 2. The Labute approximate surface area is 97.7 Å². The van der Waals surface area contributed by atoms with Gasteiger partial charge in [-0.15, -0.1) is 0 Å². The summed E-state index contributed by atoms with van der Waals surface area (Å²) in [6, 6.07) is 0. The van der Waals surface area contributed by atoms with Crippen LogP contribution in [-0.4, -0.2) is 14.8 Å². The molecule has 2 N–H and O–H groups in total. The molecule has 0 spiro atoms. The van der Waals surface area contributed by atoms with Gasteiger partial charge in [-0.25, -0.2) is 4.79 Å². The second-order valence-electron chi connectivity index (χ2n) is 4.30. The van der Waals surface area contributed by atoms with E-state index in [1.54, 1.807) is 7.05 Å². The first-order valence-corrected chi connectivity index (χ1v) is 5.20. The molecule has 1 aromatic rings. The molecule has 0 saturated carbocycles. The van der Waals surface area contributed by atoms with E-state index in [1.165, 1.54) is 11.6 Å². The summed E-state index contributed by atoms with van der Waals surface area (Å²) in [7, 11) is 2.99. The Hall–Kier alpha value is -2.11. The van der Waals surface area contributed by atoms with Crippen molar-refractivity contribution in [1.82, 2.24) is 9.13 Å². The standard InChI is InChI=1S/C11H14N4O2/c1-5(2)8-7(12)6-9(13-8)14(3)11(17)15(4)10(6)16/h12-13H,1-4H3. The molecule has 0 radical (unpaired) electrons. The SMILES string of the molecule is CC(C)=C1Nc2c(c(=O)n(C)c(=O)n2C)C1=N. The average Bonchev–Trinajstić information content (AvgIpc) is 2.62. The molecular formula is C11H14N4O2. The highest BCUT2D eigenvalue weighted by Crippen LogP contribution is 2.24. The van der Waals surface area contributed by atoms with Crippen LogP contribution in [0.3, 0.4) is 0 Å². The van der Waals surface area contributed by atoms with Crippen molar-refractivity contribution in [1.29, 1.82) is 5.41 Å². The van der Waals surface area contributed by atoms with Gasteiger partial charge in [0.25, 0.3) is 5.56 Å². The van der Waals surface area contributed by atoms with E-state index < -0.39 is 11.2 Å². The van der Waals surface area contributed by atoms with Crippen molar-refractivity contribution in [3.8, 4) is 0 Å². The van der Waals surface area contributed by atoms with Crippen LogP contribution in [0.15, 0.2) is 20.9 Å². The molecule has 2 heterocycles. The Morgan fingerprint density at radius 2 is 1.76 bits per heavy atom. The van der Waals surface area contributed by atoms with Crippen molar-refractivity contribution in [3.63, 3.8) is 0 Å². The maximum atomic E-state index is 12.0. The lowest BCUT2D eigenvalue weighted by Crippen LogP contribution is -2.39. The Morgan fingerprint density at radius 3 is 2.29 bits per heavy atom. The molecule has 0 bridgehead atoms. The van der Waals surface area contributed by atoms with Crippen molar-refractivity contribution in [3.05, 3.63) is 37.7 Å². The molecule has 1 aliphatic heterocycles. The quantitative estimate of drug-likeness (QED) is 0.671. The Bertz CT molecular complexity index is 672. The van der Waals surface area contributed by atoms with Crippen molar-refractivity contribution < 1.29 is 0 Å². The molecular weight excluding hydrogens is 220 g/mol. The Morgan fingerprint density at radius 1 is 1.18 bits per heavy atom. The van der Waals surface area contributed by atoms with Gasteiger partial charge in [0, 0.05) is 14.1 Å². The van der Waals surface area contributed by atoms with E-state index in [0.717, 1.165) is 10.1 Å². The van der Waals surface area contributed by atoms with Gasteiger partial charge in [-0.1, -0.05) is 5.57 Å². The molecule has 0 amide bonds. The monoisotopic (exact) mass is 234 g/mol. The van der Waals surface area contributed by atoms with Gasteiger partial charge in [-0.05, 0) is 13.8 Å². The summed E-state index contributed by atoms with van der Waals surface area (Å²) >= 11 is 0. The largest absolute Gasteiger partial charge is 0.339 e. The highest BCUT2D eigenvalue weighted by molar-refractivity contribution is 6.19. The van der Waals surface area contributed by atoms with E-state index in [2.05, 4.69) is 5.32 Å². The van der Waals surface area contributed by atoms with Gasteiger partial charge in [-0.3, -0.25) is 19.3 Å². The van der Waals surface area contributed by atoms with Crippen LogP contribution in [0.5, 0.6) is 0 Å². The van der Waals surface area contributed by atoms with Crippen LogP contribution in [0.1, 0.15) is 19.4 Å². The van der Waals surface area contributed by atoms with Gasteiger partial charge in [0.1, 0.15) is 11.4 Å². The van der Waals surface area contributed by atoms with Crippen molar-refractivity contribution in [2.75, 3.05) is 5.32 Å². The van der Waals surface area contributed by atoms with E-state index in [4.69, 9.17) is 5.41 Å². The molecule has 17 heavy (non-hydrogen) atoms. The minimum Gasteiger partial charge on any atom is -0.339 e. The predicted octanol–water partition coefficient (Wildman–Crippen LogP) is 0.171. The highest BCUT2D eigenvalue weighted by atomic mass is 16.2. The summed E-state index contributed by atoms with van der Waals surface area (Å²) in [6.45, 7) is 3.71. The Kier molecular flexibility index (Phi) is 2.30. The van der Waals surface area contributed by atoms with Crippen LogP contribution in [-0.2, 0) is 14.1 Å². The number of anilines is 1. The van der Waals surface area contributed by atoms with E-state index in [0.29, 0.717) is 11.5 Å². The van der Waals surface area contributed by atoms with Crippen molar-refractivity contribution in [2.24, 2.45) is 14.1 Å². The van der Waals surface area contributed by atoms with Crippen molar-refractivity contribution in [2.45, 2.75) is 13.8 Å². The summed E-state index contributed by atoms with van der Waals surface area (Å²) < 4.78 is 2.37. The summed E-state index contributed by atoms with van der Waals surface area (Å²) in [6.07, 6.45) is 0. The predicted molar refractivity (Wildman–Crippen MR) is 65.7 cm³/mol. The van der Waals surface area contributed by atoms with Crippen LogP contribution in [0.2, 0.25) is 0 Å². The number of rotatable bonds is 0. The second kappa shape index (κ2) is 3.44. The van der Waals surface area contributed by atoms with Gasteiger partial charge in [0.2, 0.25) is 0 Å². The summed E-state index contributed by atoms with van der Waals surface area (Å²) in [5.74, 6) is 0.402. The number of nitrogens with one attached hydrogen (secondary N) is 2. The number of hydrogen-bond acceptors (Lipinski definition) is 4. The van der Waals surface area contributed by atoms with Crippen LogP contribution in [0.25, 0.3) is 0 Å².